The number of aliphatic imine (C=N–C) groups is 1. The number of nitrogens with zero attached hydrogens (tertiary/aromatic N) is 1. The van der Waals surface area contributed by atoms with E-state index >= 15 is 0 Å². The van der Waals surface area contributed by atoms with Crippen LogP contribution in [0.1, 0.15) is 4.88 Å². The van der Waals surface area contributed by atoms with Crippen LogP contribution in [0.5, 0.6) is 0 Å². The summed E-state index contributed by atoms with van der Waals surface area (Å²) in [6.07, 6.45) is 0.305. The molecule has 0 spiro atoms. The molecule has 0 fully saturated rings. The molecule has 0 aliphatic rings. The summed E-state index contributed by atoms with van der Waals surface area (Å²) in [4.78, 5) is 15.2. The molecule has 0 saturated heterocycles. The van der Waals surface area contributed by atoms with Crippen molar-refractivity contribution >= 4 is 50.6 Å². The molecule has 1 amide bonds. The minimum Gasteiger partial charge on any atom is -0.271 e. The second kappa shape index (κ2) is 4.62. The van der Waals surface area contributed by atoms with Gasteiger partial charge in [0.2, 0.25) is 0 Å². The van der Waals surface area contributed by atoms with Crippen LogP contribution in [0.15, 0.2) is 20.9 Å². The third kappa shape index (κ3) is 2.95. The molecule has 0 radical (unpaired) electrons. The van der Waals surface area contributed by atoms with E-state index in [4.69, 9.17) is 0 Å². The van der Waals surface area contributed by atoms with Crippen LogP contribution in [0, 0.1) is 0 Å². The molecule has 1 aromatic heterocycles. The van der Waals surface area contributed by atoms with Crippen LogP contribution in [-0.4, -0.2) is 11.1 Å². The molecule has 2 nitrogen and oxygen atoms in total. The topological polar surface area (TPSA) is 29.4 Å². The van der Waals surface area contributed by atoms with Gasteiger partial charge in [-0.25, -0.2) is 0 Å². The summed E-state index contributed by atoms with van der Waals surface area (Å²) in [6, 6.07) is 3.78. The van der Waals surface area contributed by atoms with Crippen molar-refractivity contribution in [3.05, 3.63) is 20.8 Å². The van der Waals surface area contributed by atoms with Crippen molar-refractivity contribution in [2.24, 2.45) is 4.99 Å². The number of thiocarbonyl (C=S) groups is 1. The number of hydrogen-bond acceptors (Lipinski definition) is 3. The summed E-state index contributed by atoms with van der Waals surface area (Å²) < 4.78 is 1.01. The van der Waals surface area contributed by atoms with Crippen LogP contribution in [0.4, 0.5) is 0 Å². The maximum atomic E-state index is 10.9. The SMILES string of the molecule is O=C(Cc1ccc(Br)s1)N=C=S. The van der Waals surface area contributed by atoms with E-state index in [2.05, 4.69) is 33.1 Å². The van der Waals surface area contributed by atoms with Crippen molar-refractivity contribution in [1.82, 2.24) is 0 Å². The number of amides is 1. The van der Waals surface area contributed by atoms with Crippen molar-refractivity contribution in [3.63, 3.8) is 0 Å². The van der Waals surface area contributed by atoms with Crippen LogP contribution in [0.2, 0.25) is 0 Å². The average Bonchev–Trinajstić information content (AvgIpc) is 2.36. The molecule has 5 heteroatoms. The van der Waals surface area contributed by atoms with E-state index in [0.29, 0.717) is 6.42 Å². The number of hydrogen-bond donors (Lipinski definition) is 0. The van der Waals surface area contributed by atoms with Crippen molar-refractivity contribution in [1.29, 1.82) is 0 Å². The highest BCUT2D eigenvalue weighted by Crippen LogP contribution is 2.22. The Balaban J connectivity index is 2.64. The molecule has 0 atom stereocenters. The summed E-state index contributed by atoms with van der Waals surface area (Å²) in [5, 5.41) is 2.05. The molecule has 0 bridgehead atoms. The average molecular weight is 262 g/mol. The van der Waals surface area contributed by atoms with E-state index in [1.807, 2.05) is 17.3 Å². The van der Waals surface area contributed by atoms with E-state index in [1.54, 1.807) is 0 Å². The van der Waals surface area contributed by atoms with Crippen LogP contribution < -0.4 is 0 Å². The number of isothiocyanates is 1. The van der Waals surface area contributed by atoms with Gasteiger partial charge in [0.15, 0.2) is 0 Å². The quantitative estimate of drug-likeness (QED) is 0.605. The van der Waals surface area contributed by atoms with Crippen LogP contribution in [0.25, 0.3) is 0 Å². The van der Waals surface area contributed by atoms with Gasteiger partial charge >= 0.3 is 0 Å². The van der Waals surface area contributed by atoms with Crippen molar-refractivity contribution in [3.8, 4) is 0 Å². The van der Waals surface area contributed by atoms with Crippen molar-refractivity contribution in [2.75, 3.05) is 0 Å². The Morgan fingerprint density at radius 3 is 3.00 bits per heavy atom. The lowest BCUT2D eigenvalue weighted by Crippen LogP contribution is -1.95. The van der Waals surface area contributed by atoms with E-state index in [0.717, 1.165) is 8.66 Å². The minimum atomic E-state index is -0.251. The van der Waals surface area contributed by atoms with Crippen molar-refractivity contribution in [2.45, 2.75) is 6.42 Å². The first-order valence-electron chi connectivity index (χ1n) is 3.07. The van der Waals surface area contributed by atoms with Crippen LogP contribution in [-0.2, 0) is 11.2 Å². The predicted octanol–water partition coefficient (Wildman–Crippen LogP) is 2.68. The number of carbonyl (C=O) groups is 1. The monoisotopic (exact) mass is 261 g/mol. The van der Waals surface area contributed by atoms with Gasteiger partial charge in [-0.15, -0.1) is 11.3 Å². The summed E-state index contributed by atoms with van der Waals surface area (Å²) >= 11 is 9.12. The van der Waals surface area contributed by atoms with Gasteiger partial charge in [0.25, 0.3) is 5.91 Å². The molecule has 0 aliphatic carbocycles. The third-order valence-electron chi connectivity index (χ3n) is 1.12. The molecule has 0 saturated carbocycles. The number of rotatable bonds is 2. The van der Waals surface area contributed by atoms with Gasteiger partial charge in [-0.05, 0) is 40.3 Å². The van der Waals surface area contributed by atoms with Gasteiger partial charge in [-0.1, -0.05) is 0 Å². The molecular formula is C7H4BrNOS2. The fourth-order valence-corrected chi connectivity index (χ4v) is 2.26. The van der Waals surface area contributed by atoms with Gasteiger partial charge < -0.3 is 0 Å². The summed E-state index contributed by atoms with van der Waals surface area (Å²) in [5.74, 6) is -0.251. The summed E-state index contributed by atoms with van der Waals surface area (Å²) in [6.45, 7) is 0. The Hall–Kier alpha value is -0.350. The maximum absolute atomic E-state index is 10.9. The molecule has 0 aromatic carbocycles. The lowest BCUT2D eigenvalue weighted by Gasteiger charge is -1.86. The standard InChI is InChI=1S/C7H4BrNOS2/c8-6-2-1-5(12-6)3-7(10)9-4-11/h1-2H,3H2. The smallest absolute Gasteiger partial charge is 0.259 e. The molecule has 0 N–H and O–H groups in total. The zero-order valence-corrected chi connectivity index (χ0v) is 9.13. The van der Waals surface area contributed by atoms with Gasteiger partial charge in [0.1, 0.15) is 0 Å². The minimum absolute atomic E-state index is 0.251. The van der Waals surface area contributed by atoms with E-state index in [9.17, 15) is 4.79 Å². The molecule has 0 aliphatic heterocycles. The first-order chi connectivity index (χ1) is 5.72. The Morgan fingerprint density at radius 1 is 1.75 bits per heavy atom. The van der Waals surface area contributed by atoms with E-state index < -0.39 is 0 Å². The number of halogens is 1. The molecule has 12 heavy (non-hydrogen) atoms. The zero-order chi connectivity index (χ0) is 8.97. The first-order valence-corrected chi connectivity index (χ1v) is 5.09. The molecule has 0 unspecified atom stereocenters. The molecule has 62 valence electrons. The third-order valence-corrected chi connectivity index (χ3v) is 2.84. The van der Waals surface area contributed by atoms with Crippen LogP contribution >= 0.6 is 39.5 Å². The van der Waals surface area contributed by atoms with Gasteiger partial charge in [-0.2, -0.15) is 4.99 Å². The second-order valence-corrected chi connectivity index (χ2v) is 4.71. The predicted molar refractivity (Wildman–Crippen MR) is 55.8 cm³/mol. The lowest BCUT2D eigenvalue weighted by atomic mass is 10.3. The molecule has 1 aromatic rings. The highest BCUT2D eigenvalue weighted by Gasteiger charge is 2.03. The number of carbonyl (C=O) groups excluding carboxylic acids is 1. The van der Waals surface area contributed by atoms with Gasteiger partial charge in [0, 0.05) is 4.88 Å². The van der Waals surface area contributed by atoms with E-state index in [1.165, 1.54) is 11.3 Å². The summed E-state index contributed by atoms with van der Waals surface area (Å²) in [7, 11) is 0. The van der Waals surface area contributed by atoms with Crippen molar-refractivity contribution < 1.29 is 4.79 Å². The fourth-order valence-electron chi connectivity index (χ4n) is 0.686. The Labute approximate surface area is 87.4 Å². The first kappa shape index (κ1) is 9.74. The Morgan fingerprint density at radius 2 is 2.50 bits per heavy atom. The number of thiophene rings is 1. The normalized spacial score (nSPS) is 9.08. The largest absolute Gasteiger partial charge is 0.271 e. The molecule has 1 rings (SSSR count). The van der Waals surface area contributed by atoms with Crippen LogP contribution in [0.3, 0.4) is 0 Å². The highest BCUT2D eigenvalue weighted by molar-refractivity contribution is 9.11. The Bertz CT molecular complexity index is 341. The highest BCUT2D eigenvalue weighted by atomic mass is 79.9. The second-order valence-electron chi connectivity index (χ2n) is 1.98. The molecular weight excluding hydrogens is 258 g/mol. The Kier molecular flexibility index (Phi) is 3.75. The summed E-state index contributed by atoms with van der Waals surface area (Å²) in [5.41, 5.74) is 0. The van der Waals surface area contributed by atoms with Gasteiger partial charge in [0.05, 0.1) is 15.4 Å². The lowest BCUT2D eigenvalue weighted by molar-refractivity contribution is -0.117. The molecule has 1 heterocycles. The zero-order valence-electron chi connectivity index (χ0n) is 5.91. The maximum Gasteiger partial charge on any atom is 0.259 e. The van der Waals surface area contributed by atoms with E-state index in [-0.39, 0.29) is 5.91 Å². The van der Waals surface area contributed by atoms with Gasteiger partial charge in [-0.3, -0.25) is 4.79 Å². The fraction of sp³-hybridized carbons (Fsp3) is 0.143.